The summed E-state index contributed by atoms with van der Waals surface area (Å²) in [6.45, 7) is 2.94. The second-order valence-corrected chi connectivity index (χ2v) is 6.73. The third kappa shape index (κ3) is 1.88. The first kappa shape index (κ1) is 14.2. The minimum Gasteiger partial charge on any atom is -0.495 e. The predicted molar refractivity (Wildman–Crippen MR) is 84.0 cm³/mol. The van der Waals surface area contributed by atoms with Gasteiger partial charge in [-0.15, -0.1) is 0 Å². The number of ether oxygens (including phenoxy) is 1. The molecule has 0 unspecified atom stereocenters. The van der Waals surface area contributed by atoms with E-state index in [0.29, 0.717) is 6.54 Å². The Bertz CT molecular complexity index is 529. The molecular formula is C17H24ClNO. The Kier molecular flexibility index (Phi) is 3.72. The van der Waals surface area contributed by atoms with E-state index in [2.05, 4.69) is 6.92 Å². The molecule has 0 spiro atoms. The molecule has 0 aliphatic heterocycles. The number of halogens is 1. The quantitative estimate of drug-likeness (QED) is 0.917. The highest BCUT2D eigenvalue weighted by atomic mass is 35.5. The van der Waals surface area contributed by atoms with Crippen molar-refractivity contribution in [3.8, 4) is 5.75 Å². The van der Waals surface area contributed by atoms with Crippen LogP contribution in [-0.2, 0) is 18.3 Å². The molecule has 0 bridgehead atoms. The third-order valence-electron chi connectivity index (χ3n) is 5.42. The van der Waals surface area contributed by atoms with Crippen LogP contribution >= 0.6 is 11.6 Å². The van der Waals surface area contributed by atoms with Gasteiger partial charge in [-0.3, -0.25) is 0 Å². The minimum absolute atomic E-state index is 0.103. The van der Waals surface area contributed by atoms with Crippen molar-refractivity contribution < 1.29 is 4.74 Å². The van der Waals surface area contributed by atoms with E-state index in [4.69, 9.17) is 22.1 Å². The summed E-state index contributed by atoms with van der Waals surface area (Å²) in [7, 11) is 1.74. The fraction of sp³-hybridized carbons (Fsp3) is 0.647. The molecule has 0 atom stereocenters. The van der Waals surface area contributed by atoms with Gasteiger partial charge in [-0.2, -0.15) is 0 Å². The lowest BCUT2D eigenvalue weighted by molar-refractivity contribution is 0.242. The van der Waals surface area contributed by atoms with E-state index in [1.165, 1.54) is 41.5 Å². The zero-order valence-electron chi connectivity index (χ0n) is 12.5. The number of nitrogens with two attached hydrogens (primary N) is 1. The van der Waals surface area contributed by atoms with Crippen LogP contribution in [0.2, 0.25) is 5.02 Å². The molecule has 1 fully saturated rings. The monoisotopic (exact) mass is 293 g/mol. The van der Waals surface area contributed by atoms with Crippen molar-refractivity contribution in [2.24, 2.45) is 5.73 Å². The first-order valence-electron chi connectivity index (χ1n) is 7.73. The standard InChI is InChI=1S/C17H24ClNO/c1-11-12-6-3-4-7-13(12)15(18)16(20-2)14(11)17(10-19)8-5-9-17/h3-10,19H2,1-2H3. The smallest absolute Gasteiger partial charge is 0.141 e. The Hall–Kier alpha value is -0.730. The molecule has 20 heavy (non-hydrogen) atoms. The van der Waals surface area contributed by atoms with E-state index in [1.54, 1.807) is 7.11 Å². The highest BCUT2D eigenvalue weighted by Crippen LogP contribution is 2.52. The molecule has 0 amide bonds. The zero-order chi connectivity index (χ0) is 14.3. The van der Waals surface area contributed by atoms with Gasteiger partial charge in [-0.05, 0) is 62.1 Å². The molecule has 110 valence electrons. The molecule has 2 N–H and O–H groups in total. The summed E-state index contributed by atoms with van der Waals surface area (Å²) < 4.78 is 5.72. The highest BCUT2D eigenvalue weighted by molar-refractivity contribution is 6.33. The maximum absolute atomic E-state index is 6.68. The Morgan fingerprint density at radius 1 is 1.15 bits per heavy atom. The number of methoxy groups -OCH3 is 1. The molecule has 0 heterocycles. The van der Waals surface area contributed by atoms with Crippen LogP contribution in [0.4, 0.5) is 0 Å². The molecule has 0 aromatic heterocycles. The number of rotatable bonds is 3. The van der Waals surface area contributed by atoms with Gasteiger partial charge in [0.05, 0.1) is 12.1 Å². The van der Waals surface area contributed by atoms with Gasteiger partial charge in [0.2, 0.25) is 0 Å². The van der Waals surface area contributed by atoms with Crippen LogP contribution in [0.25, 0.3) is 0 Å². The SMILES string of the molecule is COc1c(Cl)c2c(c(C)c1C1(CN)CCC1)CCCC2. The zero-order valence-corrected chi connectivity index (χ0v) is 13.3. The van der Waals surface area contributed by atoms with Gasteiger partial charge < -0.3 is 10.5 Å². The van der Waals surface area contributed by atoms with E-state index in [1.807, 2.05) is 0 Å². The van der Waals surface area contributed by atoms with Crippen molar-refractivity contribution in [1.29, 1.82) is 0 Å². The molecule has 2 aliphatic rings. The molecule has 1 aromatic rings. The lowest BCUT2D eigenvalue weighted by Crippen LogP contribution is -2.42. The summed E-state index contributed by atoms with van der Waals surface area (Å²) in [6.07, 6.45) is 8.32. The first-order chi connectivity index (χ1) is 9.64. The largest absolute Gasteiger partial charge is 0.495 e. The highest BCUT2D eigenvalue weighted by Gasteiger charge is 2.42. The maximum Gasteiger partial charge on any atom is 0.141 e. The molecule has 3 rings (SSSR count). The van der Waals surface area contributed by atoms with E-state index < -0.39 is 0 Å². The molecular weight excluding hydrogens is 270 g/mol. The second kappa shape index (κ2) is 5.23. The van der Waals surface area contributed by atoms with Gasteiger partial charge >= 0.3 is 0 Å². The normalized spacial score (nSPS) is 20.2. The third-order valence-corrected chi connectivity index (χ3v) is 5.82. The van der Waals surface area contributed by atoms with Crippen molar-refractivity contribution in [3.63, 3.8) is 0 Å². The van der Waals surface area contributed by atoms with Crippen LogP contribution in [0.15, 0.2) is 0 Å². The molecule has 2 aliphatic carbocycles. The Balaban J connectivity index is 2.25. The summed E-state index contributed by atoms with van der Waals surface area (Å²) in [5.41, 5.74) is 11.7. The molecule has 3 heteroatoms. The molecule has 0 radical (unpaired) electrons. The van der Waals surface area contributed by atoms with Crippen LogP contribution in [0, 0.1) is 6.92 Å². The van der Waals surface area contributed by atoms with Crippen LogP contribution in [0.1, 0.15) is 54.4 Å². The van der Waals surface area contributed by atoms with Gasteiger partial charge in [0.15, 0.2) is 0 Å². The lowest BCUT2D eigenvalue weighted by Gasteiger charge is -2.44. The Morgan fingerprint density at radius 3 is 2.30 bits per heavy atom. The summed E-state index contributed by atoms with van der Waals surface area (Å²) in [4.78, 5) is 0. The van der Waals surface area contributed by atoms with E-state index in [0.717, 1.165) is 36.5 Å². The summed E-state index contributed by atoms with van der Waals surface area (Å²) >= 11 is 6.68. The van der Waals surface area contributed by atoms with Crippen LogP contribution in [-0.4, -0.2) is 13.7 Å². The van der Waals surface area contributed by atoms with Crippen LogP contribution in [0.3, 0.4) is 0 Å². The number of benzene rings is 1. The molecule has 0 saturated heterocycles. The molecule has 1 aromatic carbocycles. The van der Waals surface area contributed by atoms with Crippen molar-refractivity contribution in [2.75, 3.05) is 13.7 Å². The van der Waals surface area contributed by atoms with Gasteiger partial charge in [0, 0.05) is 17.5 Å². The Labute approximate surface area is 126 Å². The average Bonchev–Trinajstić information content (AvgIpc) is 2.44. The van der Waals surface area contributed by atoms with Gasteiger partial charge in [-0.25, -0.2) is 0 Å². The minimum atomic E-state index is 0.103. The fourth-order valence-corrected chi connectivity index (χ4v) is 4.50. The predicted octanol–water partition coefficient (Wildman–Crippen LogP) is 3.92. The van der Waals surface area contributed by atoms with Gasteiger partial charge in [0.1, 0.15) is 5.75 Å². The number of hydrogen-bond acceptors (Lipinski definition) is 2. The van der Waals surface area contributed by atoms with Crippen LogP contribution in [0.5, 0.6) is 5.75 Å². The van der Waals surface area contributed by atoms with Crippen molar-refractivity contribution in [3.05, 3.63) is 27.3 Å². The summed E-state index contributed by atoms with van der Waals surface area (Å²) in [6, 6.07) is 0. The van der Waals surface area contributed by atoms with Crippen molar-refractivity contribution >= 4 is 11.6 Å². The van der Waals surface area contributed by atoms with E-state index >= 15 is 0 Å². The molecule has 1 saturated carbocycles. The summed E-state index contributed by atoms with van der Waals surface area (Å²) in [5, 5.41) is 0.850. The topological polar surface area (TPSA) is 35.2 Å². The second-order valence-electron chi connectivity index (χ2n) is 6.35. The van der Waals surface area contributed by atoms with E-state index in [9.17, 15) is 0 Å². The maximum atomic E-state index is 6.68. The van der Waals surface area contributed by atoms with Gasteiger partial charge in [-0.1, -0.05) is 18.0 Å². The first-order valence-corrected chi connectivity index (χ1v) is 8.11. The lowest BCUT2D eigenvalue weighted by atomic mass is 9.62. The number of hydrogen-bond donors (Lipinski definition) is 1. The Morgan fingerprint density at radius 2 is 1.80 bits per heavy atom. The van der Waals surface area contributed by atoms with Crippen molar-refractivity contribution in [2.45, 2.75) is 57.3 Å². The van der Waals surface area contributed by atoms with Crippen LogP contribution < -0.4 is 10.5 Å². The number of fused-ring (bicyclic) bond motifs is 1. The average molecular weight is 294 g/mol. The van der Waals surface area contributed by atoms with E-state index in [-0.39, 0.29) is 5.41 Å². The van der Waals surface area contributed by atoms with Gasteiger partial charge in [0.25, 0.3) is 0 Å². The fourth-order valence-electron chi connectivity index (χ4n) is 4.12. The van der Waals surface area contributed by atoms with Crippen molar-refractivity contribution in [1.82, 2.24) is 0 Å². The molecule has 2 nitrogen and oxygen atoms in total. The summed E-state index contributed by atoms with van der Waals surface area (Å²) in [5.74, 6) is 0.898.